The second-order valence-corrected chi connectivity index (χ2v) is 7.19. The van der Waals surface area contributed by atoms with Crippen LogP contribution in [0.5, 0.6) is 0 Å². The van der Waals surface area contributed by atoms with Gasteiger partial charge in [-0.25, -0.2) is 13.1 Å². The Morgan fingerprint density at radius 2 is 1.96 bits per heavy atom. The first-order valence-electron chi connectivity index (χ1n) is 7.27. The molecule has 1 rings (SSSR count). The number of rotatable bonds is 7. The molecule has 1 atom stereocenters. The SMILES string of the molecule is CN=C(NCCNS(C)(=O)=O)NCC(C)c1cccc(C)c1.I. The third kappa shape index (κ3) is 9.77. The van der Waals surface area contributed by atoms with Gasteiger partial charge in [-0.1, -0.05) is 36.8 Å². The Bertz CT molecular complexity index is 605. The standard InChI is InChI=1S/C15H26N4O2S.HI/c1-12-6-5-7-14(10-12)13(2)11-18-15(16-3)17-8-9-19-22(4,20)21;/h5-7,10,13,19H,8-9,11H2,1-4H3,(H2,16,17,18);1H. The highest BCUT2D eigenvalue weighted by molar-refractivity contribution is 14.0. The molecule has 0 fully saturated rings. The van der Waals surface area contributed by atoms with Crippen molar-refractivity contribution in [3.63, 3.8) is 0 Å². The van der Waals surface area contributed by atoms with E-state index in [-0.39, 0.29) is 24.0 Å². The molecular weight excluding hydrogens is 427 g/mol. The van der Waals surface area contributed by atoms with Crippen LogP contribution in [0.25, 0.3) is 0 Å². The van der Waals surface area contributed by atoms with Crippen LogP contribution in [-0.4, -0.2) is 47.3 Å². The highest BCUT2D eigenvalue weighted by atomic mass is 127. The van der Waals surface area contributed by atoms with Crippen LogP contribution in [0.1, 0.15) is 24.0 Å². The molecule has 0 amide bonds. The largest absolute Gasteiger partial charge is 0.356 e. The number of halogens is 1. The lowest BCUT2D eigenvalue weighted by atomic mass is 9.99. The Kier molecular flexibility index (Phi) is 10.4. The van der Waals surface area contributed by atoms with Crippen LogP contribution < -0.4 is 15.4 Å². The molecule has 0 saturated carbocycles. The van der Waals surface area contributed by atoms with Gasteiger partial charge in [-0.3, -0.25) is 4.99 Å². The second-order valence-electron chi connectivity index (χ2n) is 5.36. The van der Waals surface area contributed by atoms with Crippen LogP contribution in [0, 0.1) is 6.92 Å². The van der Waals surface area contributed by atoms with Crippen molar-refractivity contribution < 1.29 is 8.42 Å². The van der Waals surface area contributed by atoms with Gasteiger partial charge in [0.05, 0.1) is 6.26 Å². The third-order valence-corrected chi connectivity index (χ3v) is 3.92. The van der Waals surface area contributed by atoms with Gasteiger partial charge in [0.1, 0.15) is 0 Å². The molecule has 0 aliphatic rings. The van der Waals surface area contributed by atoms with Crippen LogP contribution >= 0.6 is 24.0 Å². The van der Waals surface area contributed by atoms with Crippen molar-refractivity contribution in [3.8, 4) is 0 Å². The quantitative estimate of drug-likeness (QED) is 0.252. The molecule has 0 heterocycles. The Hall–Kier alpha value is -0.870. The number of hydrogen-bond acceptors (Lipinski definition) is 3. The van der Waals surface area contributed by atoms with E-state index >= 15 is 0 Å². The van der Waals surface area contributed by atoms with E-state index in [0.29, 0.717) is 25.0 Å². The van der Waals surface area contributed by atoms with Crippen LogP contribution in [0.3, 0.4) is 0 Å². The van der Waals surface area contributed by atoms with Gasteiger partial charge in [-0.05, 0) is 18.4 Å². The zero-order chi connectivity index (χ0) is 16.6. The van der Waals surface area contributed by atoms with Crippen molar-refractivity contribution in [3.05, 3.63) is 35.4 Å². The molecule has 6 nitrogen and oxygen atoms in total. The molecule has 3 N–H and O–H groups in total. The van der Waals surface area contributed by atoms with Gasteiger partial charge in [-0.15, -0.1) is 24.0 Å². The lowest BCUT2D eigenvalue weighted by Crippen LogP contribution is -2.42. The van der Waals surface area contributed by atoms with E-state index in [1.807, 2.05) is 0 Å². The number of nitrogens with one attached hydrogen (secondary N) is 3. The summed E-state index contributed by atoms with van der Waals surface area (Å²) < 4.78 is 24.3. The fourth-order valence-electron chi connectivity index (χ4n) is 1.98. The van der Waals surface area contributed by atoms with Gasteiger partial charge in [0.15, 0.2) is 5.96 Å². The average Bonchev–Trinajstić information content (AvgIpc) is 2.45. The Morgan fingerprint density at radius 3 is 2.52 bits per heavy atom. The summed E-state index contributed by atoms with van der Waals surface area (Å²) in [6.45, 7) is 5.79. The Labute approximate surface area is 156 Å². The molecule has 1 aromatic rings. The molecule has 0 saturated heterocycles. The summed E-state index contributed by atoms with van der Waals surface area (Å²) in [6, 6.07) is 8.44. The highest BCUT2D eigenvalue weighted by Gasteiger charge is 2.07. The summed E-state index contributed by atoms with van der Waals surface area (Å²) >= 11 is 0. The number of benzene rings is 1. The predicted octanol–water partition coefficient (Wildman–Crippen LogP) is 1.43. The molecule has 1 aromatic carbocycles. The van der Waals surface area contributed by atoms with E-state index < -0.39 is 10.0 Å². The molecule has 8 heteroatoms. The van der Waals surface area contributed by atoms with E-state index in [1.54, 1.807) is 7.05 Å². The molecule has 132 valence electrons. The molecule has 0 radical (unpaired) electrons. The summed E-state index contributed by atoms with van der Waals surface area (Å²) in [5.41, 5.74) is 2.53. The predicted molar refractivity (Wildman–Crippen MR) is 107 cm³/mol. The summed E-state index contributed by atoms with van der Waals surface area (Å²) in [6.07, 6.45) is 1.14. The topological polar surface area (TPSA) is 82.6 Å². The first-order chi connectivity index (χ1) is 10.3. The van der Waals surface area contributed by atoms with Gasteiger partial charge >= 0.3 is 0 Å². The lowest BCUT2D eigenvalue weighted by molar-refractivity contribution is 0.586. The van der Waals surface area contributed by atoms with E-state index in [4.69, 9.17) is 0 Å². The van der Waals surface area contributed by atoms with Gasteiger partial charge in [-0.2, -0.15) is 0 Å². The lowest BCUT2D eigenvalue weighted by Gasteiger charge is -2.16. The zero-order valence-corrected chi connectivity index (χ0v) is 17.2. The average molecular weight is 454 g/mol. The number of nitrogens with zero attached hydrogens (tertiary/aromatic N) is 1. The first-order valence-corrected chi connectivity index (χ1v) is 9.16. The van der Waals surface area contributed by atoms with E-state index in [0.717, 1.165) is 12.8 Å². The minimum absolute atomic E-state index is 0. The summed E-state index contributed by atoms with van der Waals surface area (Å²) in [7, 11) is -1.45. The van der Waals surface area contributed by atoms with Crippen LogP contribution in [0.2, 0.25) is 0 Å². The zero-order valence-electron chi connectivity index (χ0n) is 14.1. The van der Waals surface area contributed by atoms with E-state index in [2.05, 4.69) is 58.5 Å². The van der Waals surface area contributed by atoms with Crippen molar-refractivity contribution in [1.82, 2.24) is 15.4 Å². The van der Waals surface area contributed by atoms with Gasteiger partial charge in [0.25, 0.3) is 0 Å². The molecule has 0 spiro atoms. The maximum atomic E-state index is 11.0. The molecule has 0 aromatic heterocycles. The number of guanidine groups is 1. The van der Waals surface area contributed by atoms with Crippen LogP contribution in [0.4, 0.5) is 0 Å². The maximum absolute atomic E-state index is 11.0. The first kappa shape index (κ1) is 22.1. The van der Waals surface area contributed by atoms with Gasteiger partial charge < -0.3 is 10.6 Å². The van der Waals surface area contributed by atoms with Crippen LogP contribution in [0.15, 0.2) is 29.3 Å². The molecule has 0 bridgehead atoms. The smallest absolute Gasteiger partial charge is 0.208 e. The molecule has 0 aliphatic heterocycles. The molecule has 0 aliphatic carbocycles. The van der Waals surface area contributed by atoms with Crippen molar-refractivity contribution in [2.75, 3.05) is 32.9 Å². The maximum Gasteiger partial charge on any atom is 0.208 e. The monoisotopic (exact) mass is 454 g/mol. The summed E-state index contributed by atoms with van der Waals surface area (Å²) in [5, 5.41) is 6.32. The van der Waals surface area contributed by atoms with Crippen molar-refractivity contribution >= 4 is 40.0 Å². The number of aryl methyl sites for hydroxylation is 1. The number of sulfonamides is 1. The molecule has 1 unspecified atom stereocenters. The van der Waals surface area contributed by atoms with Gasteiger partial charge in [0.2, 0.25) is 10.0 Å². The fourth-order valence-corrected chi connectivity index (χ4v) is 2.46. The fraction of sp³-hybridized carbons (Fsp3) is 0.533. The number of hydrogen-bond donors (Lipinski definition) is 3. The van der Waals surface area contributed by atoms with E-state index in [9.17, 15) is 8.42 Å². The minimum atomic E-state index is -3.14. The summed E-state index contributed by atoms with van der Waals surface area (Å²) in [5.74, 6) is 1.02. The normalized spacial score (nSPS) is 13.1. The highest BCUT2D eigenvalue weighted by Crippen LogP contribution is 2.15. The Balaban J connectivity index is 0.00000484. The third-order valence-electron chi connectivity index (χ3n) is 3.19. The summed E-state index contributed by atoms with van der Waals surface area (Å²) in [4.78, 5) is 4.12. The van der Waals surface area contributed by atoms with Crippen molar-refractivity contribution in [2.45, 2.75) is 19.8 Å². The Morgan fingerprint density at radius 1 is 1.26 bits per heavy atom. The van der Waals surface area contributed by atoms with Crippen LogP contribution in [-0.2, 0) is 10.0 Å². The minimum Gasteiger partial charge on any atom is -0.356 e. The molecular formula is C15H27IN4O2S. The molecule has 23 heavy (non-hydrogen) atoms. The second kappa shape index (κ2) is 10.8. The van der Waals surface area contributed by atoms with E-state index in [1.165, 1.54) is 11.1 Å². The van der Waals surface area contributed by atoms with Crippen molar-refractivity contribution in [1.29, 1.82) is 0 Å². The van der Waals surface area contributed by atoms with Gasteiger partial charge in [0, 0.05) is 26.7 Å². The van der Waals surface area contributed by atoms with Crippen molar-refractivity contribution in [2.24, 2.45) is 4.99 Å². The number of aliphatic imine (C=N–C) groups is 1.